The molecule has 0 bridgehead atoms. The summed E-state index contributed by atoms with van der Waals surface area (Å²) in [6, 6.07) is 1.32. The van der Waals surface area contributed by atoms with E-state index in [-0.39, 0.29) is 0 Å². The minimum Gasteiger partial charge on any atom is -0.394 e. The Balaban J connectivity index is 3.52. The van der Waals surface area contributed by atoms with Crippen LogP contribution >= 0.6 is 0 Å². The van der Waals surface area contributed by atoms with Gasteiger partial charge in [0, 0.05) is 0 Å². The first-order valence-corrected chi connectivity index (χ1v) is 2.78. The number of hydrogen-bond acceptors (Lipinski definition) is 3. The van der Waals surface area contributed by atoms with E-state index in [0.29, 0.717) is 0 Å². The van der Waals surface area contributed by atoms with Crippen LogP contribution in [-0.2, 0) is 0 Å². The van der Waals surface area contributed by atoms with Gasteiger partial charge in [-0.05, 0) is 0 Å². The highest BCUT2D eigenvalue weighted by molar-refractivity contribution is 5.50. The molecule has 0 aliphatic heterocycles. The average Bonchev–Trinajstić information content (AvgIpc) is 2.08. The van der Waals surface area contributed by atoms with Crippen LogP contribution in [0.4, 0.5) is 18.9 Å². The van der Waals surface area contributed by atoms with E-state index in [1.807, 2.05) is 0 Å². The number of hydrogen-bond donors (Lipinski definition) is 1. The van der Waals surface area contributed by atoms with Crippen LogP contribution in [-0.4, -0.2) is 4.98 Å². The molecular formula is C6H2F3N3. The molecule has 0 aliphatic carbocycles. The molecular weight excluding hydrogens is 171 g/mol. The van der Waals surface area contributed by atoms with Crippen LogP contribution in [0.25, 0.3) is 0 Å². The molecule has 0 amide bonds. The Hall–Kier alpha value is -1.77. The number of nitrogen functional groups attached to an aromatic ring is 1. The summed E-state index contributed by atoms with van der Waals surface area (Å²) in [5, 5.41) is 8.21. The highest BCUT2D eigenvalue weighted by Crippen LogP contribution is 2.17. The van der Waals surface area contributed by atoms with E-state index in [9.17, 15) is 13.2 Å². The summed E-state index contributed by atoms with van der Waals surface area (Å²) in [5.41, 5.74) is 3.45. The molecule has 0 unspecified atom stereocenters. The first-order valence-electron chi connectivity index (χ1n) is 2.78. The van der Waals surface area contributed by atoms with Crippen molar-refractivity contribution < 1.29 is 13.2 Å². The Morgan fingerprint density at radius 1 is 1.25 bits per heavy atom. The lowest BCUT2D eigenvalue weighted by atomic mass is 10.3. The van der Waals surface area contributed by atoms with Gasteiger partial charge >= 0.3 is 0 Å². The first-order chi connectivity index (χ1) is 5.57. The second-order valence-corrected chi connectivity index (χ2v) is 1.90. The minimum atomic E-state index is -1.77. The number of aromatic nitrogens is 1. The molecule has 2 N–H and O–H groups in total. The number of anilines is 1. The fourth-order valence-corrected chi connectivity index (χ4v) is 0.605. The SMILES string of the molecule is N#Cc1nc(F)c(F)c(F)c1N. The lowest BCUT2D eigenvalue weighted by Crippen LogP contribution is -2.04. The highest BCUT2D eigenvalue weighted by Gasteiger charge is 2.17. The van der Waals surface area contributed by atoms with E-state index < -0.39 is 29.0 Å². The average molecular weight is 173 g/mol. The van der Waals surface area contributed by atoms with E-state index >= 15 is 0 Å². The van der Waals surface area contributed by atoms with Crippen molar-refractivity contribution in [3.05, 3.63) is 23.3 Å². The number of halogens is 3. The van der Waals surface area contributed by atoms with Crippen LogP contribution < -0.4 is 5.73 Å². The van der Waals surface area contributed by atoms with Gasteiger partial charge in [-0.2, -0.15) is 14.0 Å². The van der Waals surface area contributed by atoms with Crippen molar-refractivity contribution in [2.75, 3.05) is 5.73 Å². The van der Waals surface area contributed by atoms with Gasteiger partial charge in [0.05, 0.1) is 0 Å². The lowest BCUT2D eigenvalue weighted by molar-refractivity contribution is 0.428. The number of nitriles is 1. The summed E-state index contributed by atoms with van der Waals surface area (Å²) < 4.78 is 37.1. The maximum Gasteiger partial charge on any atom is 0.253 e. The van der Waals surface area contributed by atoms with Gasteiger partial charge in [0.1, 0.15) is 11.8 Å². The second-order valence-electron chi connectivity index (χ2n) is 1.90. The Bertz CT molecular complexity index is 369. The molecule has 12 heavy (non-hydrogen) atoms. The van der Waals surface area contributed by atoms with Crippen LogP contribution in [0.5, 0.6) is 0 Å². The molecule has 1 heterocycles. The molecule has 6 heteroatoms. The van der Waals surface area contributed by atoms with E-state index in [1.54, 1.807) is 0 Å². The zero-order valence-corrected chi connectivity index (χ0v) is 5.61. The van der Waals surface area contributed by atoms with Gasteiger partial charge in [-0.15, -0.1) is 0 Å². The van der Waals surface area contributed by atoms with E-state index in [0.717, 1.165) is 0 Å². The molecule has 0 aliphatic rings. The van der Waals surface area contributed by atoms with Crippen molar-refractivity contribution in [2.45, 2.75) is 0 Å². The largest absolute Gasteiger partial charge is 0.394 e. The Morgan fingerprint density at radius 3 is 2.33 bits per heavy atom. The van der Waals surface area contributed by atoms with E-state index in [4.69, 9.17) is 11.0 Å². The summed E-state index contributed by atoms with van der Waals surface area (Å²) >= 11 is 0. The number of nitrogens with two attached hydrogens (primary N) is 1. The minimum absolute atomic E-state index is 0.661. The van der Waals surface area contributed by atoms with E-state index in [2.05, 4.69) is 4.98 Å². The summed E-state index contributed by atoms with van der Waals surface area (Å²) in [5.74, 6) is -5.02. The normalized spacial score (nSPS) is 9.50. The predicted molar refractivity (Wildman–Crippen MR) is 33.2 cm³/mol. The van der Waals surface area contributed by atoms with E-state index in [1.165, 1.54) is 6.07 Å². The van der Waals surface area contributed by atoms with Crippen LogP contribution in [0.3, 0.4) is 0 Å². The third-order valence-electron chi connectivity index (χ3n) is 1.18. The quantitative estimate of drug-likeness (QED) is 0.594. The molecule has 0 fully saturated rings. The molecule has 62 valence electrons. The fraction of sp³-hybridized carbons (Fsp3) is 0. The van der Waals surface area contributed by atoms with Crippen molar-refractivity contribution in [3.8, 4) is 6.07 Å². The standard InChI is InChI=1S/C6H2F3N3/c7-3-4(8)6(9)12-2(1-10)5(3)11/h11H2. The molecule has 0 radical (unpaired) electrons. The Labute approximate surface area is 65.2 Å². The summed E-state index contributed by atoms with van der Waals surface area (Å²) in [4.78, 5) is 2.78. The maximum absolute atomic E-state index is 12.5. The zero-order valence-electron chi connectivity index (χ0n) is 5.61. The van der Waals surface area contributed by atoms with Crippen LogP contribution in [0, 0.1) is 28.9 Å². The number of nitrogens with zero attached hydrogens (tertiary/aromatic N) is 2. The fourth-order valence-electron chi connectivity index (χ4n) is 0.605. The van der Waals surface area contributed by atoms with Crippen molar-refractivity contribution in [3.63, 3.8) is 0 Å². The van der Waals surface area contributed by atoms with Crippen LogP contribution in [0.1, 0.15) is 5.69 Å². The summed E-state index contributed by atoms with van der Waals surface area (Å²) in [7, 11) is 0. The summed E-state index contributed by atoms with van der Waals surface area (Å²) in [6.07, 6.45) is 0. The van der Waals surface area contributed by atoms with Gasteiger partial charge < -0.3 is 5.73 Å². The smallest absolute Gasteiger partial charge is 0.253 e. The topological polar surface area (TPSA) is 62.7 Å². The number of pyridine rings is 1. The molecule has 0 atom stereocenters. The van der Waals surface area contributed by atoms with Crippen molar-refractivity contribution in [2.24, 2.45) is 0 Å². The van der Waals surface area contributed by atoms with Crippen molar-refractivity contribution in [1.82, 2.24) is 4.98 Å². The molecule has 0 saturated carbocycles. The molecule has 0 aromatic carbocycles. The van der Waals surface area contributed by atoms with Gasteiger partial charge in [0.15, 0.2) is 11.5 Å². The lowest BCUT2D eigenvalue weighted by Gasteiger charge is -1.99. The number of rotatable bonds is 0. The van der Waals surface area contributed by atoms with Gasteiger partial charge in [-0.1, -0.05) is 0 Å². The van der Waals surface area contributed by atoms with Crippen molar-refractivity contribution >= 4 is 5.69 Å². The van der Waals surface area contributed by atoms with Gasteiger partial charge in [-0.25, -0.2) is 9.37 Å². The van der Waals surface area contributed by atoms with Crippen LogP contribution in [0.2, 0.25) is 0 Å². The highest BCUT2D eigenvalue weighted by atomic mass is 19.2. The Kier molecular flexibility index (Phi) is 1.87. The second kappa shape index (κ2) is 2.70. The molecule has 0 saturated heterocycles. The van der Waals surface area contributed by atoms with Gasteiger partial charge in [0.2, 0.25) is 5.82 Å². The molecule has 0 spiro atoms. The van der Waals surface area contributed by atoms with Gasteiger partial charge in [-0.3, -0.25) is 0 Å². The third-order valence-corrected chi connectivity index (χ3v) is 1.18. The summed E-state index contributed by atoms with van der Waals surface area (Å²) in [6.45, 7) is 0. The predicted octanol–water partition coefficient (Wildman–Crippen LogP) is 0.953. The maximum atomic E-state index is 12.5. The zero-order chi connectivity index (χ0) is 9.30. The third kappa shape index (κ3) is 1.05. The molecule has 1 rings (SSSR count). The Morgan fingerprint density at radius 2 is 1.83 bits per heavy atom. The molecule has 1 aromatic rings. The first kappa shape index (κ1) is 8.33. The molecule has 3 nitrogen and oxygen atoms in total. The van der Waals surface area contributed by atoms with Crippen molar-refractivity contribution in [1.29, 1.82) is 5.26 Å². The van der Waals surface area contributed by atoms with Gasteiger partial charge in [0.25, 0.3) is 5.95 Å². The monoisotopic (exact) mass is 173 g/mol. The molecule has 1 aromatic heterocycles. The van der Waals surface area contributed by atoms with Crippen LogP contribution in [0.15, 0.2) is 0 Å².